The molecule has 108 valence electrons. The van der Waals surface area contributed by atoms with Crippen LogP contribution in [0.1, 0.15) is 18.4 Å². The van der Waals surface area contributed by atoms with Crippen LogP contribution in [0.2, 0.25) is 0 Å². The SMILES string of the molecule is O=C(O)C1CN(Cc2ccncc2)CC12CCOCC2. The molecular weight excluding hydrogens is 256 g/mol. The Hall–Kier alpha value is -1.46. The summed E-state index contributed by atoms with van der Waals surface area (Å²) in [6, 6.07) is 3.98. The highest BCUT2D eigenvalue weighted by molar-refractivity contribution is 5.72. The Morgan fingerprint density at radius 3 is 2.75 bits per heavy atom. The molecule has 1 spiro atoms. The quantitative estimate of drug-likeness (QED) is 0.904. The number of nitrogens with zero attached hydrogens (tertiary/aromatic N) is 2. The average Bonchev–Trinajstić information content (AvgIpc) is 2.79. The van der Waals surface area contributed by atoms with Crippen molar-refractivity contribution in [2.24, 2.45) is 11.3 Å². The Morgan fingerprint density at radius 1 is 1.40 bits per heavy atom. The third-order valence-electron chi connectivity index (χ3n) is 4.66. The Labute approximate surface area is 118 Å². The van der Waals surface area contributed by atoms with E-state index in [2.05, 4.69) is 9.88 Å². The van der Waals surface area contributed by atoms with Gasteiger partial charge in [-0.1, -0.05) is 0 Å². The van der Waals surface area contributed by atoms with Gasteiger partial charge in [-0.2, -0.15) is 0 Å². The summed E-state index contributed by atoms with van der Waals surface area (Å²) in [4.78, 5) is 17.9. The Bertz CT molecular complexity index is 471. The second-order valence-corrected chi connectivity index (χ2v) is 5.89. The van der Waals surface area contributed by atoms with Gasteiger partial charge < -0.3 is 9.84 Å². The summed E-state index contributed by atoms with van der Waals surface area (Å²) in [7, 11) is 0. The zero-order valence-electron chi connectivity index (χ0n) is 11.5. The topological polar surface area (TPSA) is 62.7 Å². The third kappa shape index (κ3) is 2.55. The molecule has 20 heavy (non-hydrogen) atoms. The fourth-order valence-electron chi connectivity index (χ4n) is 3.56. The number of likely N-dealkylation sites (tertiary alicyclic amines) is 1. The molecule has 3 heterocycles. The van der Waals surface area contributed by atoms with Crippen molar-refractivity contribution in [1.29, 1.82) is 0 Å². The first kappa shape index (κ1) is 13.5. The van der Waals surface area contributed by atoms with E-state index < -0.39 is 5.97 Å². The number of hydrogen-bond acceptors (Lipinski definition) is 4. The lowest BCUT2D eigenvalue weighted by Gasteiger charge is -2.36. The average molecular weight is 276 g/mol. The molecule has 1 atom stereocenters. The standard InChI is InChI=1S/C15H20N2O3/c18-14(19)13-10-17(9-12-1-5-16-6-2-12)11-15(13)3-7-20-8-4-15/h1-2,5-6,13H,3-4,7-11H2,(H,18,19). The second-order valence-electron chi connectivity index (χ2n) is 5.89. The van der Waals surface area contributed by atoms with Crippen LogP contribution < -0.4 is 0 Å². The van der Waals surface area contributed by atoms with Crippen LogP contribution in [0.4, 0.5) is 0 Å². The van der Waals surface area contributed by atoms with Crippen molar-refractivity contribution in [2.45, 2.75) is 19.4 Å². The molecule has 2 saturated heterocycles. The van der Waals surface area contributed by atoms with Crippen molar-refractivity contribution in [3.8, 4) is 0 Å². The molecule has 2 aliphatic rings. The summed E-state index contributed by atoms with van der Waals surface area (Å²) in [5, 5.41) is 9.54. The number of pyridine rings is 1. The fraction of sp³-hybridized carbons (Fsp3) is 0.600. The van der Waals surface area contributed by atoms with Crippen molar-refractivity contribution in [3.05, 3.63) is 30.1 Å². The Kier molecular flexibility index (Phi) is 3.72. The number of rotatable bonds is 3. The number of aliphatic carboxylic acids is 1. The minimum Gasteiger partial charge on any atom is -0.481 e. The van der Waals surface area contributed by atoms with Crippen LogP contribution in [-0.2, 0) is 16.1 Å². The minimum absolute atomic E-state index is 0.100. The molecule has 0 aliphatic carbocycles. The monoisotopic (exact) mass is 276 g/mol. The van der Waals surface area contributed by atoms with E-state index in [0.29, 0.717) is 19.8 Å². The summed E-state index contributed by atoms with van der Waals surface area (Å²) >= 11 is 0. The summed E-state index contributed by atoms with van der Waals surface area (Å²) in [5.74, 6) is -0.933. The summed E-state index contributed by atoms with van der Waals surface area (Å²) in [5.41, 5.74) is 1.09. The van der Waals surface area contributed by atoms with Crippen LogP contribution in [0.3, 0.4) is 0 Å². The maximum Gasteiger partial charge on any atom is 0.308 e. The van der Waals surface area contributed by atoms with Gasteiger partial charge in [0.1, 0.15) is 0 Å². The molecule has 0 saturated carbocycles. The number of aromatic nitrogens is 1. The molecule has 2 fully saturated rings. The van der Waals surface area contributed by atoms with Crippen LogP contribution in [0.5, 0.6) is 0 Å². The highest BCUT2D eigenvalue weighted by atomic mass is 16.5. The highest BCUT2D eigenvalue weighted by Gasteiger charge is 2.50. The van der Waals surface area contributed by atoms with Gasteiger partial charge >= 0.3 is 5.97 Å². The predicted octanol–water partition coefficient (Wildman–Crippen LogP) is 1.39. The zero-order chi connectivity index (χ0) is 14.0. The lowest BCUT2D eigenvalue weighted by Crippen LogP contribution is -2.40. The summed E-state index contributed by atoms with van der Waals surface area (Å²) in [6.45, 7) is 3.67. The molecule has 1 aromatic rings. The molecule has 0 aromatic carbocycles. The van der Waals surface area contributed by atoms with Gasteiger partial charge in [-0.3, -0.25) is 14.7 Å². The van der Waals surface area contributed by atoms with Gasteiger partial charge in [0.15, 0.2) is 0 Å². The number of carboxylic acids is 1. The van der Waals surface area contributed by atoms with Crippen molar-refractivity contribution in [3.63, 3.8) is 0 Å². The summed E-state index contributed by atoms with van der Waals surface area (Å²) < 4.78 is 5.42. The van der Waals surface area contributed by atoms with E-state index in [4.69, 9.17) is 4.74 Å². The van der Waals surface area contributed by atoms with Gasteiger partial charge in [0.2, 0.25) is 0 Å². The smallest absolute Gasteiger partial charge is 0.308 e. The van der Waals surface area contributed by atoms with Gasteiger partial charge in [0, 0.05) is 50.7 Å². The van der Waals surface area contributed by atoms with Gasteiger partial charge in [-0.15, -0.1) is 0 Å². The normalized spacial score (nSPS) is 25.9. The molecule has 3 rings (SSSR count). The van der Waals surface area contributed by atoms with Gasteiger partial charge in [0.05, 0.1) is 5.92 Å². The minimum atomic E-state index is -0.663. The highest BCUT2D eigenvalue weighted by Crippen LogP contribution is 2.44. The van der Waals surface area contributed by atoms with Crippen LogP contribution in [0, 0.1) is 11.3 Å². The van der Waals surface area contributed by atoms with E-state index in [1.807, 2.05) is 12.1 Å². The Balaban J connectivity index is 1.74. The van der Waals surface area contributed by atoms with Crippen molar-refractivity contribution in [2.75, 3.05) is 26.3 Å². The molecule has 1 N–H and O–H groups in total. The second kappa shape index (κ2) is 5.50. The first-order chi connectivity index (χ1) is 9.70. The van der Waals surface area contributed by atoms with Gasteiger partial charge in [-0.05, 0) is 30.5 Å². The van der Waals surface area contributed by atoms with Crippen molar-refractivity contribution < 1.29 is 14.6 Å². The Morgan fingerprint density at radius 2 is 2.10 bits per heavy atom. The largest absolute Gasteiger partial charge is 0.481 e. The van der Waals surface area contributed by atoms with E-state index in [0.717, 1.165) is 25.9 Å². The van der Waals surface area contributed by atoms with Crippen LogP contribution in [0.25, 0.3) is 0 Å². The molecule has 1 aromatic heterocycles. The van der Waals surface area contributed by atoms with E-state index in [-0.39, 0.29) is 11.3 Å². The molecular formula is C15H20N2O3. The van der Waals surface area contributed by atoms with E-state index in [9.17, 15) is 9.90 Å². The van der Waals surface area contributed by atoms with Crippen molar-refractivity contribution >= 4 is 5.97 Å². The van der Waals surface area contributed by atoms with Crippen LogP contribution >= 0.6 is 0 Å². The molecule has 1 unspecified atom stereocenters. The molecule has 2 aliphatic heterocycles. The van der Waals surface area contributed by atoms with Gasteiger partial charge in [-0.25, -0.2) is 0 Å². The van der Waals surface area contributed by atoms with E-state index in [1.165, 1.54) is 5.56 Å². The molecule has 5 heteroatoms. The first-order valence-electron chi connectivity index (χ1n) is 7.11. The number of ether oxygens (including phenoxy) is 1. The predicted molar refractivity (Wildman–Crippen MR) is 73.1 cm³/mol. The molecule has 0 amide bonds. The maximum atomic E-state index is 11.6. The molecule has 5 nitrogen and oxygen atoms in total. The number of hydrogen-bond donors (Lipinski definition) is 1. The first-order valence-corrected chi connectivity index (χ1v) is 7.11. The van der Waals surface area contributed by atoms with Gasteiger partial charge in [0.25, 0.3) is 0 Å². The summed E-state index contributed by atoms with van der Waals surface area (Å²) in [6.07, 6.45) is 5.28. The van der Waals surface area contributed by atoms with Crippen LogP contribution in [0.15, 0.2) is 24.5 Å². The fourth-order valence-corrected chi connectivity index (χ4v) is 3.56. The molecule has 0 bridgehead atoms. The van der Waals surface area contributed by atoms with E-state index in [1.54, 1.807) is 12.4 Å². The van der Waals surface area contributed by atoms with Crippen LogP contribution in [-0.4, -0.2) is 47.3 Å². The lowest BCUT2D eigenvalue weighted by molar-refractivity contribution is -0.146. The van der Waals surface area contributed by atoms with E-state index >= 15 is 0 Å². The molecule has 0 radical (unpaired) electrons. The number of carbonyl (C=O) groups is 1. The third-order valence-corrected chi connectivity index (χ3v) is 4.66. The van der Waals surface area contributed by atoms with Crippen molar-refractivity contribution in [1.82, 2.24) is 9.88 Å². The number of carboxylic acid groups (broad SMARTS) is 1. The zero-order valence-corrected chi connectivity index (χ0v) is 11.5. The lowest BCUT2D eigenvalue weighted by atomic mass is 9.72. The maximum absolute atomic E-state index is 11.6.